The maximum atomic E-state index is 12.4. The standard InChI is InChI=1S/C21H20ClN3O3/c1-3-28-17-8-4-14(5-9-17)24-16-6-10-19(23-13-16)21(26)25-15-7-11-20(27-2)18(22)12-15/h4-13,24H,3H2,1-2H3,(H,25,26). The molecule has 0 fully saturated rings. The van der Waals surface area contributed by atoms with Crippen molar-refractivity contribution in [3.63, 3.8) is 0 Å². The third-order valence-corrected chi connectivity index (χ3v) is 4.16. The Labute approximate surface area is 168 Å². The zero-order chi connectivity index (χ0) is 19.9. The Balaban J connectivity index is 1.63. The van der Waals surface area contributed by atoms with Crippen LogP contribution in [0.4, 0.5) is 17.1 Å². The molecule has 0 spiro atoms. The maximum absolute atomic E-state index is 12.4. The average molecular weight is 398 g/mol. The molecule has 0 aliphatic rings. The lowest BCUT2D eigenvalue weighted by molar-refractivity contribution is 0.102. The molecule has 0 saturated heterocycles. The summed E-state index contributed by atoms with van der Waals surface area (Å²) >= 11 is 6.08. The van der Waals surface area contributed by atoms with Gasteiger partial charge in [-0.3, -0.25) is 4.79 Å². The molecule has 144 valence electrons. The van der Waals surface area contributed by atoms with Crippen molar-refractivity contribution in [2.24, 2.45) is 0 Å². The molecule has 0 unspecified atom stereocenters. The van der Waals surface area contributed by atoms with Gasteiger partial charge in [-0.15, -0.1) is 0 Å². The number of ether oxygens (including phenoxy) is 2. The van der Waals surface area contributed by atoms with Crippen molar-refractivity contribution in [2.75, 3.05) is 24.4 Å². The van der Waals surface area contributed by atoms with Crippen LogP contribution in [0.15, 0.2) is 60.8 Å². The largest absolute Gasteiger partial charge is 0.495 e. The van der Waals surface area contributed by atoms with Gasteiger partial charge < -0.3 is 20.1 Å². The average Bonchev–Trinajstić information content (AvgIpc) is 2.70. The second kappa shape index (κ2) is 9.10. The van der Waals surface area contributed by atoms with Crippen LogP contribution in [0.2, 0.25) is 5.02 Å². The van der Waals surface area contributed by atoms with Gasteiger partial charge in [0, 0.05) is 11.4 Å². The molecular weight excluding hydrogens is 378 g/mol. The molecule has 2 aromatic carbocycles. The molecule has 28 heavy (non-hydrogen) atoms. The Kier molecular flexibility index (Phi) is 6.34. The number of anilines is 3. The molecule has 7 heteroatoms. The van der Waals surface area contributed by atoms with Crippen LogP contribution in [0, 0.1) is 0 Å². The lowest BCUT2D eigenvalue weighted by atomic mass is 10.2. The smallest absolute Gasteiger partial charge is 0.274 e. The van der Waals surface area contributed by atoms with Gasteiger partial charge in [-0.2, -0.15) is 0 Å². The van der Waals surface area contributed by atoms with Gasteiger partial charge >= 0.3 is 0 Å². The fraction of sp³-hybridized carbons (Fsp3) is 0.143. The molecular formula is C21H20ClN3O3. The lowest BCUT2D eigenvalue weighted by Crippen LogP contribution is -2.13. The number of rotatable bonds is 7. The van der Waals surface area contributed by atoms with Crippen LogP contribution >= 0.6 is 11.6 Å². The van der Waals surface area contributed by atoms with Crippen molar-refractivity contribution in [3.05, 3.63) is 71.5 Å². The van der Waals surface area contributed by atoms with Gasteiger partial charge in [-0.25, -0.2) is 4.98 Å². The Morgan fingerprint density at radius 2 is 1.75 bits per heavy atom. The summed E-state index contributed by atoms with van der Waals surface area (Å²) in [6.07, 6.45) is 1.60. The molecule has 0 aliphatic carbocycles. The third kappa shape index (κ3) is 4.92. The zero-order valence-electron chi connectivity index (χ0n) is 15.5. The van der Waals surface area contributed by atoms with E-state index in [1.807, 2.05) is 31.2 Å². The van der Waals surface area contributed by atoms with Crippen LogP contribution in [0.25, 0.3) is 0 Å². The van der Waals surface area contributed by atoms with Gasteiger partial charge in [-0.1, -0.05) is 11.6 Å². The van der Waals surface area contributed by atoms with Gasteiger partial charge in [0.05, 0.1) is 30.6 Å². The van der Waals surface area contributed by atoms with Crippen molar-refractivity contribution in [2.45, 2.75) is 6.92 Å². The van der Waals surface area contributed by atoms with E-state index >= 15 is 0 Å². The van der Waals surface area contributed by atoms with Crippen LogP contribution < -0.4 is 20.1 Å². The quantitative estimate of drug-likeness (QED) is 0.577. The highest BCUT2D eigenvalue weighted by Gasteiger charge is 2.09. The second-order valence-corrected chi connectivity index (χ2v) is 6.23. The van der Waals surface area contributed by atoms with Gasteiger partial charge in [0.1, 0.15) is 17.2 Å². The molecule has 1 aromatic heterocycles. The van der Waals surface area contributed by atoms with Crippen LogP contribution in [-0.4, -0.2) is 24.6 Å². The number of halogens is 1. The van der Waals surface area contributed by atoms with E-state index in [4.69, 9.17) is 21.1 Å². The summed E-state index contributed by atoms with van der Waals surface area (Å²) in [6, 6.07) is 16.1. The topological polar surface area (TPSA) is 72.5 Å². The number of hydrogen-bond acceptors (Lipinski definition) is 5. The molecule has 0 atom stereocenters. The fourth-order valence-corrected chi connectivity index (χ4v) is 2.77. The second-order valence-electron chi connectivity index (χ2n) is 5.82. The summed E-state index contributed by atoms with van der Waals surface area (Å²) in [5.74, 6) is 1.04. The number of hydrogen-bond donors (Lipinski definition) is 2. The monoisotopic (exact) mass is 397 g/mol. The van der Waals surface area contributed by atoms with E-state index in [1.165, 1.54) is 7.11 Å². The number of nitrogens with one attached hydrogen (secondary N) is 2. The van der Waals surface area contributed by atoms with Crippen molar-refractivity contribution in [1.82, 2.24) is 4.98 Å². The zero-order valence-corrected chi connectivity index (χ0v) is 16.3. The Bertz CT molecular complexity index is 944. The fourth-order valence-electron chi connectivity index (χ4n) is 2.51. The Hall–Kier alpha value is -3.25. The van der Waals surface area contributed by atoms with Crippen molar-refractivity contribution >= 4 is 34.6 Å². The number of methoxy groups -OCH3 is 1. The number of nitrogens with zero attached hydrogens (tertiary/aromatic N) is 1. The first-order chi connectivity index (χ1) is 13.6. The summed E-state index contributed by atoms with van der Waals surface area (Å²) < 4.78 is 10.5. The van der Waals surface area contributed by atoms with Crippen LogP contribution in [0.1, 0.15) is 17.4 Å². The number of amides is 1. The molecule has 0 saturated carbocycles. The minimum atomic E-state index is -0.325. The first-order valence-corrected chi connectivity index (χ1v) is 9.07. The summed E-state index contributed by atoms with van der Waals surface area (Å²) in [5, 5.41) is 6.41. The molecule has 1 heterocycles. The van der Waals surface area contributed by atoms with Crippen LogP contribution in [0.3, 0.4) is 0 Å². The summed E-state index contributed by atoms with van der Waals surface area (Å²) in [4.78, 5) is 16.6. The molecule has 0 radical (unpaired) electrons. The molecule has 3 aromatic rings. The molecule has 0 bridgehead atoms. The first-order valence-electron chi connectivity index (χ1n) is 8.70. The van der Waals surface area contributed by atoms with E-state index in [-0.39, 0.29) is 5.91 Å². The minimum absolute atomic E-state index is 0.296. The van der Waals surface area contributed by atoms with E-state index in [1.54, 1.807) is 36.5 Å². The van der Waals surface area contributed by atoms with Gasteiger partial charge in [0.2, 0.25) is 0 Å². The molecule has 2 N–H and O–H groups in total. The highest BCUT2D eigenvalue weighted by atomic mass is 35.5. The number of aromatic nitrogens is 1. The lowest BCUT2D eigenvalue weighted by Gasteiger charge is -2.09. The predicted octanol–water partition coefficient (Wildman–Crippen LogP) is 5.14. The van der Waals surface area contributed by atoms with Crippen molar-refractivity contribution in [3.8, 4) is 11.5 Å². The number of pyridine rings is 1. The van der Waals surface area contributed by atoms with E-state index in [0.29, 0.717) is 28.8 Å². The van der Waals surface area contributed by atoms with E-state index in [0.717, 1.165) is 17.1 Å². The van der Waals surface area contributed by atoms with Gasteiger partial charge in [0.25, 0.3) is 5.91 Å². The maximum Gasteiger partial charge on any atom is 0.274 e. The van der Waals surface area contributed by atoms with Gasteiger partial charge in [0.15, 0.2) is 0 Å². The number of carbonyl (C=O) groups excluding carboxylic acids is 1. The third-order valence-electron chi connectivity index (χ3n) is 3.86. The van der Waals surface area contributed by atoms with Crippen LogP contribution in [-0.2, 0) is 0 Å². The highest BCUT2D eigenvalue weighted by molar-refractivity contribution is 6.32. The normalized spacial score (nSPS) is 10.2. The minimum Gasteiger partial charge on any atom is -0.495 e. The summed E-state index contributed by atoms with van der Waals surface area (Å²) in [6.45, 7) is 2.57. The molecule has 3 rings (SSSR count). The molecule has 1 amide bonds. The number of carbonyl (C=O) groups is 1. The summed E-state index contributed by atoms with van der Waals surface area (Å²) in [7, 11) is 1.53. The van der Waals surface area contributed by atoms with Crippen LogP contribution in [0.5, 0.6) is 11.5 Å². The Morgan fingerprint density at radius 1 is 1.04 bits per heavy atom. The van der Waals surface area contributed by atoms with Gasteiger partial charge in [-0.05, 0) is 61.5 Å². The molecule has 0 aliphatic heterocycles. The summed E-state index contributed by atoms with van der Waals surface area (Å²) in [5.41, 5.74) is 2.53. The van der Waals surface area contributed by atoms with E-state index in [2.05, 4.69) is 15.6 Å². The van der Waals surface area contributed by atoms with Crippen molar-refractivity contribution < 1.29 is 14.3 Å². The van der Waals surface area contributed by atoms with E-state index < -0.39 is 0 Å². The Morgan fingerprint density at radius 3 is 2.36 bits per heavy atom. The SMILES string of the molecule is CCOc1ccc(Nc2ccc(C(=O)Nc3ccc(OC)c(Cl)c3)nc2)cc1. The first kappa shape index (κ1) is 19.5. The molecule has 6 nitrogen and oxygen atoms in total. The predicted molar refractivity (Wildman–Crippen MR) is 111 cm³/mol. The highest BCUT2D eigenvalue weighted by Crippen LogP contribution is 2.27. The van der Waals surface area contributed by atoms with Crippen molar-refractivity contribution in [1.29, 1.82) is 0 Å². The van der Waals surface area contributed by atoms with E-state index in [9.17, 15) is 4.79 Å². The number of benzene rings is 2.